The summed E-state index contributed by atoms with van der Waals surface area (Å²) in [6.07, 6.45) is 1.13. The first-order chi connectivity index (χ1) is 15.1. The highest BCUT2D eigenvalue weighted by atomic mass is 127. The number of alkyl carbamates (subject to hydrolysis) is 1. The van der Waals surface area contributed by atoms with Crippen LogP contribution >= 0.6 is 22.6 Å². The predicted molar refractivity (Wildman–Crippen MR) is 130 cm³/mol. The molecule has 3 rings (SSSR count). The molecule has 0 radical (unpaired) electrons. The fraction of sp³-hybridized carbons (Fsp3) is 0.292. The summed E-state index contributed by atoms with van der Waals surface area (Å²) < 4.78 is 12.6. The second kappa shape index (κ2) is 9.72. The quantitative estimate of drug-likeness (QED) is 0.374. The Hall–Kier alpha value is -2.88. The number of ether oxygens (including phenoxy) is 2. The van der Waals surface area contributed by atoms with Gasteiger partial charge in [-0.1, -0.05) is 30.3 Å². The summed E-state index contributed by atoms with van der Waals surface area (Å²) >= 11 is 2.13. The van der Waals surface area contributed by atoms with Gasteiger partial charge in [0, 0.05) is 21.6 Å². The Morgan fingerprint density at radius 3 is 2.38 bits per heavy atom. The number of hydrogen-bond acceptors (Lipinski definition) is 5. The largest absolute Gasteiger partial charge is 0.467 e. The number of hydrogen-bond donors (Lipinski definition) is 1. The van der Waals surface area contributed by atoms with Gasteiger partial charge in [0.15, 0.2) is 0 Å². The Labute approximate surface area is 200 Å². The van der Waals surface area contributed by atoms with Gasteiger partial charge in [-0.2, -0.15) is 0 Å². The highest BCUT2D eigenvalue weighted by Crippen LogP contribution is 2.25. The van der Waals surface area contributed by atoms with Gasteiger partial charge in [0.2, 0.25) is 0 Å². The molecule has 0 saturated heterocycles. The Morgan fingerprint density at radius 1 is 1.06 bits per heavy atom. The average molecular weight is 548 g/mol. The number of carbonyl (C=O) groups is 3. The maximum atomic E-state index is 13.3. The zero-order valence-electron chi connectivity index (χ0n) is 18.3. The van der Waals surface area contributed by atoms with Gasteiger partial charge < -0.3 is 14.8 Å². The number of nitrogens with one attached hydrogen (secondary N) is 1. The van der Waals surface area contributed by atoms with Crippen LogP contribution in [0, 0.1) is 3.57 Å². The molecule has 8 heteroatoms. The number of halogens is 1. The molecule has 1 aromatic heterocycles. The van der Waals surface area contributed by atoms with E-state index in [0.717, 1.165) is 14.5 Å². The van der Waals surface area contributed by atoms with Crippen molar-refractivity contribution in [1.29, 1.82) is 0 Å². The summed E-state index contributed by atoms with van der Waals surface area (Å²) in [6.45, 7) is 5.22. The van der Waals surface area contributed by atoms with Crippen molar-refractivity contribution in [2.45, 2.75) is 38.8 Å². The molecule has 0 spiro atoms. The minimum Gasteiger partial charge on any atom is -0.467 e. The van der Waals surface area contributed by atoms with Gasteiger partial charge >= 0.3 is 12.1 Å². The molecule has 1 amide bonds. The van der Waals surface area contributed by atoms with Crippen molar-refractivity contribution < 1.29 is 23.9 Å². The third-order valence-electron chi connectivity index (χ3n) is 4.72. The zero-order valence-corrected chi connectivity index (χ0v) is 20.5. The monoisotopic (exact) mass is 548 g/mol. The van der Waals surface area contributed by atoms with Crippen LogP contribution in [0.25, 0.3) is 10.9 Å². The molecule has 168 valence electrons. The molecule has 1 atom stereocenters. The molecule has 0 aliphatic carbocycles. The van der Waals surface area contributed by atoms with Crippen LogP contribution in [0.3, 0.4) is 0 Å². The van der Waals surface area contributed by atoms with Crippen LogP contribution in [0.2, 0.25) is 0 Å². The van der Waals surface area contributed by atoms with Gasteiger partial charge in [0.05, 0.1) is 18.2 Å². The van der Waals surface area contributed by atoms with Crippen LogP contribution < -0.4 is 5.32 Å². The van der Waals surface area contributed by atoms with E-state index < -0.39 is 23.7 Å². The average Bonchev–Trinajstić information content (AvgIpc) is 3.10. The number of carbonyl (C=O) groups excluding carboxylic acids is 3. The smallest absolute Gasteiger partial charge is 0.408 e. The first-order valence-electron chi connectivity index (χ1n) is 10.1. The number of rotatable bonds is 5. The molecule has 0 aliphatic rings. The van der Waals surface area contributed by atoms with E-state index in [1.165, 1.54) is 7.11 Å². The summed E-state index contributed by atoms with van der Waals surface area (Å²) in [4.78, 5) is 38.0. The van der Waals surface area contributed by atoms with E-state index in [-0.39, 0.29) is 12.3 Å². The number of benzene rings is 2. The number of nitrogens with zero attached hydrogens (tertiary/aromatic N) is 1. The first kappa shape index (κ1) is 23.8. The molecule has 0 fully saturated rings. The molecule has 1 N–H and O–H groups in total. The van der Waals surface area contributed by atoms with E-state index in [0.29, 0.717) is 11.1 Å². The first-order valence-corrected chi connectivity index (χ1v) is 11.1. The summed E-state index contributed by atoms with van der Waals surface area (Å²) in [5, 5.41) is 3.40. The molecule has 7 nitrogen and oxygen atoms in total. The highest BCUT2D eigenvalue weighted by molar-refractivity contribution is 14.1. The van der Waals surface area contributed by atoms with E-state index in [4.69, 9.17) is 9.47 Å². The highest BCUT2D eigenvalue weighted by Gasteiger charge is 2.27. The SMILES string of the molecule is COC(=O)[C@H](Cc1cn(C(=O)c2ccccc2I)c2ccccc12)NC(=O)OC(C)(C)C. The van der Waals surface area contributed by atoms with Crippen molar-refractivity contribution in [3.05, 3.63) is 69.4 Å². The Morgan fingerprint density at radius 2 is 1.72 bits per heavy atom. The Balaban J connectivity index is 1.97. The number of esters is 1. The van der Waals surface area contributed by atoms with E-state index in [9.17, 15) is 14.4 Å². The maximum absolute atomic E-state index is 13.3. The van der Waals surface area contributed by atoms with E-state index in [1.807, 2.05) is 42.5 Å². The molecule has 0 saturated carbocycles. The van der Waals surface area contributed by atoms with E-state index in [1.54, 1.807) is 37.6 Å². The van der Waals surface area contributed by atoms with Gasteiger partial charge in [-0.3, -0.25) is 9.36 Å². The van der Waals surface area contributed by atoms with Gasteiger partial charge in [-0.15, -0.1) is 0 Å². The Kier molecular flexibility index (Phi) is 7.22. The predicted octanol–water partition coefficient (Wildman–Crippen LogP) is 4.54. The van der Waals surface area contributed by atoms with Gasteiger partial charge in [0.1, 0.15) is 11.6 Å². The van der Waals surface area contributed by atoms with Crippen LogP contribution in [0.15, 0.2) is 54.7 Å². The van der Waals surface area contributed by atoms with Crippen LogP contribution in [0.4, 0.5) is 4.79 Å². The van der Waals surface area contributed by atoms with Crippen LogP contribution in [0.5, 0.6) is 0 Å². The molecule has 0 bridgehead atoms. The van der Waals surface area contributed by atoms with Crippen molar-refractivity contribution in [3.63, 3.8) is 0 Å². The minimum absolute atomic E-state index is 0.137. The van der Waals surface area contributed by atoms with Crippen molar-refractivity contribution in [2.75, 3.05) is 7.11 Å². The van der Waals surface area contributed by atoms with Crippen LogP contribution in [-0.4, -0.2) is 41.3 Å². The maximum Gasteiger partial charge on any atom is 0.408 e. The molecular formula is C24H25IN2O5. The number of methoxy groups -OCH3 is 1. The van der Waals surface area contributed by atoms with Crippen molar-refractivity contribution in [3.8, 4) is 0 Å². The molecule has 0 unspecified atom stereocenters. The van der Waals surface area contributed by atoms with E-state index >= 15 is 0 Å². The third-order valence-corrected chi connectivity index (χ3v) is 5.66. The summed E-state index contributed by atoms with van der Waals surface area (Å²) in [5.74, 6) is -0.774. The lowest BCUT2D eigenvalue weighted by atomic mass is 10.1. The third kappa shape index (κ3) is 5.48. The topological polar surface area (TPSA) is 86.6 Å². The molecule has 2 aromatic carbocycles. The lowest BCUT2D eigenvalue weighted by molar-refractivity contribution is -0.143. The molecule has 32 heavy (non-hydrogen) atoms. The molecule has 3 aromatic rings. The number of para-hydroxylation sites is 1. The second-order valence-electron chi connectivity index (χ2n) is 8.25. The summed E-state index contributed by atoms with van der Waals surface area (Å²) in [5.41, 5.74) is 1.32. The zero-order chi connectivity index (χ0) is 23.5. The van der Waals surface area contributed by atoms with Gasteiger partial charge in [-0.05, 0) is 67.1 Å². The minimum atomic E-state index is -0.971. The lowest BCUT2D eigenvalue weighted by Crippen LogP contribution is -2.45. The lowest BCUT2D eigenvalue weighted by Gasteiger charge is -2.22. The summed E-state index contributed by atoms with van der Waals surface area (Å²) in [7, 11) is 1.26. The fourth-order valence-corrected chi connectivity index (χ4v) is 3.97. The summed E-state index contributed by atoms with van der Waals surface area (Å²) in [6, 6.07) is 13.8. The van der Waals surface area contributed by atoms with Crippen LogP contribution in [0.1, 0.15) is 36.7 Å². The van der Waals surface area contributed by atoms with E-state index in [2.05, 4.69) is 27.9 Å². The Bertz CT molecular complexity index is 1160. The molecular weight excluding hydrogens is 523 g/mol. The number of fused-ring (bicyclic) bond motifs is 1. The van der Waals surface area contributed by atoms with Crippen molar-refractivity contribution >= 4 is 51.5 Å². The standard InChI is InChI=1S/C24H25IN2O5/c1-24(2,3)32-23(30)26-19(22(29)31-4)13-15-14-27(20-12-8-6-9-16(15)20)21(28)17-10-5-7-11-18(17)25/h5-12,14,19H,13H2,1-4H3,(H,26,30)/t19-/m0/s1. The van der Waals surface area contributed by atoms with Crippen LogP contribution in [-0.2, 0) is 20.7 Å². The fourth-order valence-electron chi connectivity index (χ4n) is 3.35. The molecule has 1 heterocycles. The van der Waals surface area contributed by atoms with Crippen molar-refractivity contribution in [2.24, 2.45) is 0 Å². The van der Waals surface area contributed by atoms with Crippen molar-refractivity contribution in [1.82, 2.24) is 9.88 Å². The van der Waals surface area contributed by atoms with Gasteiger partial charge in [-0.25, -0.2) is 9.59 Å². The normalized spacial score (nSPS) is 12.3. The molecule has 0 aliphatic heterocycles. The number of amides is 1. The van der Waals surface area contributed by atoms with Gasteiger partial charge in [0.25, 0.3) is 5.91 Å². The number of aromatic nitrogens is 1. The second-order valence-corrected chi connectivity index (χ2v) is 9.41.